The number of rotatable bonds is 7. The van der Waals surface area contributed by atoms with Crippen LogP contribution in [-0.4, -0.2) is 38.3 Å². The standard InChI is InChI=1S/C14H22N2O4S/c1-10(2)13(8-9-17)15-14(18)11-4-6-12(7-5-11)16-21(3,19)20/h4-7,10,13,16-17H,8-9H2,1-3H3,(H,15,18). The topological polar surface area (TPSA) is 95.5 Å². The Kier molecular flexibility index (Phi) is 6.17. The number of carbonyl (C=O) groups excluding carboxylic acids is 1. The zero-order valence-electron chi connectivity index (χ0n) is 12.5. The van der Waals surface area contributed by atoms with Crippen molar-refractivity contribution < 1.29 is 18.3 Å². The number of benzene rings is 1. The van der Waals surface area contributed by atoms with Gasteiger partial charge < -0.3 is 10.4 Å². The molecule has 0 heterocycles. The third kappa shape index (κ3) is 6.14. The predicted molar refractivity (Wildman–Crippen MR) is 82.7 cm³/mol. The molecule has 6 nitrogen and oxygen atoms in total. The van der Waals surface area contributed by atoms with Crippen LogP contribution in [0.25, 0.3) is 0 Å². The van der Waals surface area contributed by atoms with E-state index < -0.39 is 10.0 Å². The summed E-state index contributed by atoms with van der Waals surface area (Å²) in [6.07, 6.45) is 1.56. The Hall–Kier alpha value is -1.60. The van der Waals surface area contributed by atoms with E-state index in [1.807, 2.05) is 13.8 Å². The molecule has 1 amide bonds. The van der Waals surface area contributed by atoms with Crippen LogP contribution in [0.2, 0.25) is 0 Å². The van der Waals surface area contributed by atoms with E-state index in [1.54, 1.807) is 12.1 Å². The molecule has 1 rings (SSSR count). The van der Waals surface area contributed by atoms with E-state index in [0.717, 1.165) is 6.26 Å². The second-order valence-corrected chi connectivity index (χ2v) is 7.04. The minimum atomic E-state index is -3.33. The second kappa shape index (κ2) is 7.42. The van der Waals surface area contributed by atoms with Crippen LogP contribution in [0, 0.1) is 5.92 Å². The van der Waals surface area contributed by atoms with Gasteiger partial charge in [-0.1, -0.05) is 13.8 Å². The van der Waals surface area contributed by atoms with Crippen molar-refractivity contribution in [3.8, 4) is 0 Å². The molecule has 1 atom stereocenters. The van der Waals surface area contributed by atoms with Gasteiger partial charge in [-0.15, -0.1) is 0 Å². The first-order valence-corrected chi connectivity index (χ1v) is 8.61. The third-order valence-corrected chi connectivity index (χ3v) is 3.62. The monoisotopic (exact) mass is 314 g/mol. The first kappa shape index (κ1) is 17.5. The molecule has 0 aromatic heterocycles. The maximum absolute atomic E-state index is 12.1. The van der Waals surface area contributed by atoms with Crippen molar-refractivity contribution in [1.29, 1.82) is 0 Å². The molecule has 0 aliphatic carbocycles. The van der Waals surface area contributed by atoms with Crippen LogP contribution in [0.5, 0.6) is 0 Å². The molecular weight excluding hydrogens is 292 g/mol. The first-order valence-electron chi connectivity index (χ1n) is 6.72. The first-order chi connectivity index (χ1) is 9.73. The molecule has 0 fully saturated rings. The maximum Gasteiger partial charge on any atom is 0.251 e. The zero-order valence-corrected chi connectivity index (χ0v) is 13.3. The lowest BCUT2D eigenvalue weighted by molar-refractivity contribution is 0.0916. The molecule has 0 saturated heterocycles. The van der Waals surface area contributed by atoms with E-state index in [2.05, 4.69) is 10.0 Å². The van der Waals surface area contributed by atoms with Crippen molar-refractivity contribution in [3.05, 3.63) is 29.8 Å². The molecule has 118 valence electrons. The van der Waals surface area contributed by atoms with Gasteiger partial charge in [-0.2, -0.15) is 0 Å². The lowest BCUT2D eigenvalue weighted by Gasteiger charge is -2.21. The van der Waals surface area contributed by atoms with Crippen molar-refractivity contribution in [2.24, 2.45) is 5.92 Å². The summed E-state index contributed by atoms with van der Waals surface area (Å²) in [5, 5.41) is 11.9. The quantitative estimate of drug-likeness (QED) is 0.704. The summed E-state index contributed by atoms with van der Waals surface area (Å²) in [5.41, 5.74) is 0.849. The largest absolute Gasteiger partial charge is 0.396 e. The van der Waals surface area contributed by atoms with Crippen molar-refractivity contribution >= 4 is 21.6 Å². The Morgan fingerprint density at radius 1 is 1.24 bits per heavy atom. The Morgan fingerprint density at radius 2 is 1.81 bits per heavy atom. The molecule has 0 bridgehead atoms. The summed E-state index contributed by atoms with van der Waals surface area (Å²) in [5.74, 6) is -0.0275. The number of hydrogen-bond acceptors (Lipinski definition) is 4. The van der Waals surface area contributed by atoms with Gasteiger partial charge in [-0.05, 0) is 36.6 Å². The molecule has 3 N–H and O–H groups in total. The minimum Gasteiger partial charge on any atom is -0.396 e. The summed E-state index contributed by atoms with van der Waals surface area (Å²) < 4.78 is 24.5. The normalized spacial score (nSPS) is 13.0. The van der Waals surface area contributed by atoms with Gasteiger partial charge in [0.25, 0.3) is 5.91 Å². The number of sulfonamides is 1. The molecule has 1 aromatic rings. The van der Waals surface area contributed by atoms with Crippen LogP contribution < -0.4 is 10.0 Å². The third-order valence-electron chi connectivity index (χ3n) is 3.01. The molecule has 0 aliphatic rings. The van der Waals surface area contributed by atoms with Gasteiger partial charge in [0.2, 0.25) is 10.0 Å². The minimum absolute atomic E-state index is 0.0142. The Balaban J connectivity index is 2.75. The highest BCUT2D eigenvalue weighted by Crippen LogP contribution is 2.12. The van der Waals surface area contributed by atoms with Gasteiger partial charge in [0.15, 0.2) is 0 Å². The van der Waals surface area contributed by atoms with Crippen molar-refractivity contribution in [1.82, 2.24) is 5.32 Å². The van der Waals surface area contributed by atoms with Crippen LogP contribution >= 0.6 is 0 Å². The van der Waals surface area contributed by atoms with Crippen LogP contribution in [0.4, 0.5) is 5.69 Å². The van der Waals surface area contributed by atoms with Crippen LogP contribution in [0.15, 0.2) is 24.3 Å². The highest BCUT2D eigenvalue weighted by molar-refractivity contribution is 7.92. The molecule has 0 spiro atoms. The number of hydrogen-bond donors (Lipinski definition) is 3. The fourth-order valence-corrected chi connectivity index (χ4v) is 2.43. The van der Waals surface area contributed by atoms with E-state index >= 15 is 0 Å². The van der Waals surface area contributed by atoms with Crippen molar-refractivity contribution in [2.45, 2.75) is 26.3 Å². The van der Waals surface area contributed by atoms with E-state index in [0.29, 0.717) is 17.7 Å². The molecule has 7 heteroatoms. The van der Waals surface area contributed by atoms with Gasteiger partial charge in [0.05, 0.1) is 6.26 Å². The Bertz CT molecular complexity index is 567. The summed E-state index contributed by atoms with van der Waals surface area (Å²) in [6.45, 7) is 3.96. The van der Waals surface area contributed by atoms with E-state index in [1.165, 1.54) is 12.1 Å². The van der Waals surface area contributed by atoms with E-state index in [4.69, 9.17) is 5.11 Å². The van der Waals surface area contributed by atoms with Crippen molar-refractivity contribution in [2.75, 3.05) is 17.6 Å². The highest BCUT2D eigenvalue weighted by atomic mass is 32.2. The molecule has 0 radical (unpaired) electrons. The smallest absolute Gasteiger partial charge is 0.251 e. The fourth-order valence-electron chi connectivity index (χ4n) is 1.87. The van der Waals surface area contributed by atoms with Gasteiger partial charge in [-0.25, -0.2) is 8.42 Å². The summed E-state index contributed by atoms with van der Waals surface area (Å²) in [6, 6.07) is 6.08. The summed E-state index contributed by atoms with van der Waals surface area (Å²) in [7, 11) is -3.33. The molecule has 1 unspecified atom stereocenters. The zero-order chi connectivity index (χ0) is 16.0. The average molecular weight is 314 g/mol. The van der Waals surface area contributed by atoms with Gasteiger partial charge in [0.1, 0.15) is 0 Å². The second-order valence-electron chi connectivity index (χ2n) is 5.29. The summed E-state index contributed by atoms with van der Waals surface area (Å²) in [4.78, 5) is 12.1. The highest BCUT2D eigenvalue weighted by Gasteiger charge is 2.16. The molecule has 1 aromatic carbocycles. The number of anilines is 1. The number of carbonyl (C=O) groups is 1. The fraction of sp³-hybridized carbons (Fsp3) is 0.500. The Labute approximate surface area is 125 Å². The van der Waals surface area contributed by atoms with Crippen molar-refractivity contribution in [3.63, 3.8) is 0 Å². The number of amides is 1. The predicted octanol–water partition coefficient (Wildman–Crippen LogP) is 1.19. The molecule has 21 heavy (non-hydrogen) atoms. The van der Waals surface area contributed by atoms with Gasteiger partial charge >= 0.3 is 0 Å². The van der Waals surface area contributed by atoms with Crippen LogP contribution in [0.3, 0.4) is 0 Å². The molecular formula is C14H22N2O4S. The number of nitrogens with one attached hydrogen (secondary N) is 2. The van der Waals surface area contributed by atoms with E-state index in [-0.39, 0.29) is 24.5 Å². The SMILES string of the molecule is CC(C)C(CCO)NC(=O)c1ccc(NS(C)(=O)=O)cc1. The van der Waals surface area contributed by atoms with Gasteiger partial charge in [0, 0.05) is 23.9 Å². The van der Waals surface area contributed by atoms with Gasteiger partial charge in [-0.3, -0.25) is 9.52 Å². The van der Waals surface area contributed by atoms with E-state index in [9.17, 15) is 13.2 Å². The summed E-state index contributed by atoms with van der Waals surface area (Å²) >= 11 is 0. The lowest BCUT2D eigenvalue weighted by atomic mass is 10.0. The molecule has 0 aliphatic heterocycles. The Morgan fingerprint density at radius 3 is 2.24 bits per heavy atom. The number of aliphatic hydroxyl groups is 1. The average Bonchev–Trinajstić information content (AvgIpc) is 2.36. The van der Waals surface area contributed by atoms with Crippen LogP contribution in [0.1, 0.15) is 30.6 Å². The lowest BCUT2D eigenvalue weighted by Crippen LogP contribution is -2.39. The maximum atomic E-state index is 12.1. The number of aliphatic hydroxyl groups excluding tert-OH is 1. The van der Waals surface area contributed by atoms with Crippen LogP contribution in [-0.2, 0) is 10.0 Å². The molecule has 0 saturated carbocycles.